The van der Waals surface area contributed by atoms with E-state index in [0.717, 1.165) is 24.8 Å². The van der Waals surface area contributed by atoms with E-state index in [1.807, 2.05) is 0 Å². The summed E-state index contributed by atoms with van der Waals surface area (Å²) in [5.74, 6) is 0.318. The smallest absolute Gasteiger partial charge is 0.148 e. The SMILES string of the molecule is CC=C1C[N+]2(CCCC)CC[C@]34C(=C(C=O)[C@H]1C[C@@H]32)Nc1ccccc14.[I-]. The molecular weight excluding hydrogens is 447 g/mol. The van der Waals surface area contributed by atoms with Crippen molar-refractivity contribution >= 4 is 12.0 Å². The molecule has 1 aromatic carbocycles. The van der Waals surface area contributed by atoms with Crippen LogP contribution in [0.25, 0.3) is 0 Å². The molecule has 1 unspecified atom stereocenters. The molecule has 2 fully saturated rings. The number of para-hydroxylation sites is 1. The Bertz CT molecular complexity index is 845. The molecule has 5 rings (SSSR count). The lowest BCUT2D eigenvalue weighted by Gasteiger charge is -2.53. The van der Waals surface area contributed by atoms with Crippen LogP contribution in [0.1, 0.15) is 45.1 Å². The van der Waals surface area contributed by atoms with Crippen molar-refractivity contribution in [2.24, 2.45) is 5.92 Å². The lowest BCUT2D eigenvalue weighted by atomic mass is 9.61. The third-order valence-electron chi connectivity index (χ3n) is 7.82. The van der Waals surface area contributed by atoms with Crippen molar-refractivity contribution in [2.75, 3.05) is 25.0 Å². The van der Waals surface area contributed by atoms with Crippen LogP contribution < -0.4 is 29.3 Å². The molecule has 1 N–H and O–H groups in total. The van der Waals surface area contributed by atoms with E-state index in [1.165, 1.54) is 59.4 Å². The lowest BCUT2D eigenvalue weighted by molar-refractivity contribution is -0.941. The number of benzene rings is 1. The van der Waals surface area contributed by atoms with E-state index in [4.69, 9.17) is 0 Å². The summed E-state index contributed by atoms with van der Waals surface area (Å²) in [7, 11) is 0. The van der Waals surface area contributed by atoms with Gasteiger partial charge < -0.3 is 33.8 Å². The molecule has 144 valence electrons. The molecule has 0 saturated carbocycles. The van der Waals surface area contributed by atoms with Crippen molar-refractivity contribution in [3.8, 4) is 0 Å². The Morgan fingerprint density at radius 1 is 1.33 bits per heavy atom. The number of hydrogen-bond acceptors (Lipinski definition) is 2. The van der Waals surface area contributed by atoms with Crippen LogP contribution >= 0.6 is 0 Å². The standard InChI is InChI=1S/C23H28N2O.HI/c1-3-5-11-25-12-10-23-19-8-6-7-9-20(19)24-22(23)18(15-26)17(13-21(23)25)16(4-2)14-25;/h4,6-9,15,17,21H,3,5,10-14H2,1-2H3;1H/t17-,21-,23+,25?;/m0./s1. The number of halogens is 1. The highest BCUT2D eigenvalue weighted by Crippen LogP contribution is 2.63. The van der Waals surface area contributed by atoms with Crippen molar-refractivity contribution in [3.05, 3.63) is 52.7 Å². The molecule has 3 heterocycles. The van der Waals surface area contributed by atoms with Crippen LogP contribution in [-0.4, -0.2) is 36.4 Å². The quantitative estimate of drug-likeness (QED) is 0.306. The van der Waals surface area contributed by atoms with Crippen molar-refractivity contribution in [3.63, 3.8) is 0 Å². The number of aldehydes is 1. The fraction of sp³-hybridized carbons (Fsp3) is 0.522. The van der Waals surface area contributed by atoms with Gasteiger partial charge in [-0.15, -0.1) is 0 Å². The van der Waals surface area contributed by atoms with Gasteiger partial charge in [0.25, 0.3) is 0 Å². The Morgan fingerprint density at radius 3 is 2.89 bits per heavy atom. The van der Waals surface area contributed by atoms with Crippen LogP contribution in [0.3, 0.4) is 0 Å². The zero-order chi connectivity index (χ0) is 17.9. The summed E-state index contributed by atoms with van der Waals surface area (Å²) in [6.45, 7) is 8.12. The van der Waals surface area contributed by atoms with Gasteiger partial charge in [0.05, 0.1) is 18.5 Å². The number of piperidine rings is 1. The van der Waals surface area contributed by atoms with Gasteiger partial charge in [0, 0.05) is 35.7 Å². The predicted molar refractivity (Wildman–Crippen MR) is 105 cm³/mol. The van der Waals surface area contributed by atoms with E-state index in [9.17, 15) is 4.79 Å². The summed E-state index contributed by atoms with van der Waals surface area (Å²) < 4.78 is 1.23. The van der Waals surface area contributed by atoms with Crippen LogP contribution in [0.4, 0.5) is 5.69 Å². The molecule has 2 saturated heterocycles. The molecule has 1 spiro atoms. The maximum atomic E-state index is 12.2. The molecule has 0 aromatic heterocycles. The number of nitrogens with one attached hydrogen (secondary N) is 1. The summed E-state index contributed by atoms with van der Waals surface area (Å²) in [5, 5.41) is 3.71. The van der Waals surface area contributed by atoms with E-state index in [2.05, 4.69) is 49.5 Å². The fourth-order valence-electron chi connectivity index (χ4n) is 6.70. The van der Waals surface area contributed by atoms with Gasteiger partial charge in [-0.05, 0) is 30.5 Å². The highest BCUT2D eigenvalue weighted by molar-refractivity contribution is 5.84. The van der Waals surface area contributed by atoms with Crippen LogP contribution in [0.2, 0.25) is 0 Å². The molecule has 27 heavy (non-hydrogen) atoms. The van der Waals surface area contributed by atoms with Gasteiger partial charge in [-0.3, -0.25) is 4.79 Å². The minimum absolute atomic E-state index is 0. The Morgan fingerprint density at radius 2 is 2.15 bits per heavy atom. The molecule has 4 atom stereocenters. The number of hydrogen-bond donors (Lipinski definition) is 1. The number of fused-ring (bicyclic) bond motifs is 2. The number of allylic oxidation sites excluding steroid dienone is 2. The molecule has 3 aliphatic heterocycles. The second-order valence-electron chi connectivity index (χ2n) is 8.69. The first-order chi connectivity index (χ1) is 12.7. The Kier molecular flexibility index (Phi) is 4.78. The molecule has 2 bridgehead atoms. The van der Waals surface area contributed by atoms with Crippen molar-refractivity contribution in [1.29, 1.82) is 0 Å². The molecule has 4 heteroatoms. The van der Waals surface area contributed by atoms with Gasteiger partial charge in [0.15, 0.2) is 0 Å². The topological polar surface area (TPSA) is 29.1 Å². The predicted octanol–water partition coefficient (Wildman–Crippen LogP) is 1.18. The summed E-state index contributed by atoms with van der Waals surface area (Å²) in [5.41, 5.74) is 6.47. The minimum atomic E-state index is 0. The molecular formula is C23H29IN2O. The van der Waals surface area contributed by atoms with Gasteiger partial charge in [0.2, 0.25) is 0 Å². The summed E-state index contributed by atoms with van der Waals surface area (Å²) in [4.78, 5) is 12.2. The van der Waals surface area contributed by atoms with Crippen molar-refractivity contribution in [2.45, 2.75) is 51.0 Å². The first-order valence-electron chi connectivity index (χ1n) is 10.3. The number of nitrogens with zero attached hydrogens (tertiary/aromatic N) is 1. The molecule has 4 aliphatic rings. The Hall–Kier alpha value is -1.14. The number of carbonyl (C=O) groups excluding carboxylic acids is 1. The van der Waals surface area contributed by atoms with Crippen LogP contribution in [0, 0.1) is 5.92 Å². The lowest BCUT2D eigenvalue weighted by Crippen LogP contribution is -3.00. The van der Waals surface area contributed by atoms with Crippen LogP contribution in [-0.2, 0) is 10.2 Å². The second kappa shape index (κ2) is 6.73. The Balaban J connectivity index is 0.00000180. The molecule has 1 aliphatic carbocycles. The largest absolute Gasteiger partial charge is 1.00 e. The van der Waals surface area contributed by atoms with Gasteiger partial charge in [-0.25, -0.2) is 0 Å². The van der Waals surface area contributed by atoms with Crippen LogP contribution in [0.15, 0.2) is 47.2 Å². The van der Waals surface area contributed by atoms with Gasteiger partial charge in [0.1, 0.15) is 18.9 Å². The average Bonchev–Trinajstić information content (AvgIpc) is 3.20. The average molecular weight is 476 g/mol. The zero-order valence-electron chi connectivity index (χ0n) is 16.3. The van der Waals surface area contributed by atoms with Gasteiger partial charge in [-0.1, -0.05) is 37.6 Å². The number of carbonyl (C=O) groups is 1. The second-order valence-corrected chi connectivity index (χ2v) is 8.69. The third kappa shape index (κ3) is 2.32. The monoisotopic (exact) mass is 476 g/mol. The normalized spacial score (nSPS) is 36.7. The maximum absolute atomic E-state index is 12.2. The fourth-order valence-corrected chi connectivity index (χ4v) is 6.70. The highest BCUT2D eigenvalue weighted by atomic mass is 127. The number of unbranched alkanes of at least 4 members (excludes halogenated alkanes) is 1. The van der Waals surface area contributed by atoms with E-state index < -0.39 is 0 Å². The number of anilines is 1. The third-order valence-corrected chi connectivity index (χ3v) is 7.82. The zero-order valence-corrected chi connectivity index (χ0v) is 18.5. The van der Waals surface area contributed by atoms with Gasteiger partial charge >= 0.3 is 0 Å². The number of rotatable bonds is 4. The van der Waals surface area contributed by atoms with Gasteiger partial charge in [-0.2, -0.15) is 0 Å². The van der Waals surface area contributed by atoms with E-state index >= 15 is 0 Å². The molecule has 1 aromatic rings. The summed E-state index contributed by atoms with van der Waals surface area (Å²) in [6, 6.07) is 9.39. The minimum Gasteiger partial charge on any atom is -1.00 e. The number of quaternary nitrogens is 1. The maximum Gasteiger partial charge on any atom is 0.148 e. The van der Waals surface area contributed by atoms with E-state index in [1.54, 1.807) is 0 Å². The summed E-state index contributed by atoms with van der Waals surface area (Å²) in [6.07, 6.45) is 8.31. The van der Waals surface area contributed by atoms with Crippen LogP contribution in [0.5, 0.6) is 0 Å². The summed E-state index contributed by atoms with van der Waals surface area (Å²) >= 11 is 0. The van der Waals surface area contributed by atoms with E-state index in [-0.39, 0.29) is 29.4 Å². The Labute approximate surface area is 179 Å². The molecule has 0 radical (unpaired) electrons. The van der Waals surface area contributed by atoms with Crippen molar-refractivity contribution < 1.29 is 33.3 Å². The highest BCUT2D eigenvalue weighted by Gasteiger charge is 2.68. The molecule has 3 nitrogen and oxygen atoms in total. The first kappa shape index (κ1) is 19.2. The first-order valence-corrected chi connectivity index (χ1v) is 10.3. The van der Waals surface area contributed by atoms with E-state index in [0.29, 0.717) is 12.0 Å². The molecule has 0 amide bonds. The van der Waals surface area contributed by atoms with Crippen molar-refractivity contribution in [1.82, 2.24) is 0 Å².